The topological polar surface area (TPSA) is 132 Å². The molecule has 0 aromatic carbocycles. The van der Waals surface area contributed by atoms with Crippen molar-refractivity contribution in [3.8, 4) is 0 Å². The van der Waals surface area contributed by atoms with Gasteiger partial charge in [-0.05, 0) is 18.4 Å². The van der Waals surface area contributed by atoms with E-state index in [9.17, 15) is 4.79 Å². The fourth-order valence-corrected chi connectivity index (χ4v) is 0.858. The summed E-state index contributed by atoms with van der Waals surface area (Å²) < 4.78 is 9.11. The number of hydrogen-bond acceptors (Lipinski definition) is 4. The van der Waals surface area contributed by atoms with Gasteiger partial charge in [0, 0.05) is 0 Å². The largest absolute Gasteiger partial charge is 0.480 e. The predicted octanol–water partition coefficient (Wildman–Crippen LogP) is -1.37. The highest BCUT2D eigenvalue weighted by molar-refractivity contribution is 7.98. The van der Waals surface area contributed by atoms with E-state index in [0.717, 1.165) is 5.75 Å². The molecule has 0 heterocycles. The molecular weight excluding hydrogens is 214 g/mol. The van der Waals surface area contributed by atoms with Crippen molar-refractivity contribution in [1.29, 1.82) is 0 Å². The lowest BCUT2D eigenvalue weighted by molar-refractivity contribution is -0.138. The average molecular weight is 229 g/mol. The second-order valence-electron chi connectivity index (χ2n) is 2.05. The van der Waals surface area contributed by atoms with Crippen molar-refractivity contribution in [2.45, 2.75) is 12.5 Å². The minimum absolute atomic E-state index is 0.552. The lowest BCUT2D eigenvalue weighted by Crippen LogP contribution is -2.30. The Labute approximate surface area is 83.9 Å². The smallest absolute Gasteiger partial charge is 0.320 e. The molecular formula is C5H15N3O3S2. The first-order valence-corrected chi connectivity index (χ1v) is 5.96. The van der Waals surface area contributed by atoms with E-state index in [2.05, 4.69) is 10.3 Å². The SMILES string of the molecule is CSCCC(N)C(=O)O.NS(N)=O. The Morgan fingerprint density at radius 3 is 2.23 bits per heavy atom. The third-order valence-corrected chi connectivity index (χ3v) is 1.59. The summed E-state index contributed by atoms with van der Waals surface area (Å²) in [5, 5.41) is 17.0. The van der Waals surface area contributed by atoms with Crippen LogP contribution in [0, 0.1) is 0 Å². The van der Waals surface area contributed by atoms with Gasteiger partial charge < -0.3 is 10.8 Å². The maximum atomic E-state index is 10.1. The fraction of sp³-hybridized carbons (Fsp3) is 0.800. The number of thioether (sulfide) groups is 1. The van der Waals surface area contributed by atoms with E-state index in [1.165, 1.54) is 0 Å². The molecule has 0 bridgehead atoms. The highest BCUT2D eigenvalue weighted by Crippen LogP contribution is 1.97. The van der Waals surface area contributed by atoms with Crippen LogP contribution in [0.2, 0.25) is 0 Å². The molecule has 6 nitrogen and oxygen atoms in total. The van der Waals surface area contributed by atoms with Gasteiger partial charge in [-0.25, -0.2) is 14.5 Å². The van der Waals surface area contributed by atoms with E-state index in [1.807, 2.05) is 6.26 Å². The highest BCUT2D eigenvalue weighted by Gasteiger charge is 2.08. The second-order valence-corrected chi connectivity index (χ2v) is 3.70. The van der Waals surface area contributed by atoms with Crippen molar-refractivity contribution in [2.75, 3.05) is 12.0 Å². The zero-order valence-electron chi connectivity index (χ0n) is 7.30. The van der Waals surface area contributed by atoms with E-state index in [-0.39, 0.29) is 0 Å². The first-order chi connectivity index (χ1) is 5.91. The van der Waals surface area contributed by atoms with Crippen LogP contribution >= 0.6 is 11.8 Å². The van der Waals surface area contributed by atoms with Crippen LogP contribution in [-0.4, -0.2) is 33.3 Å². The molecule has 1 unspecified atom stereocenters. The molecule has 0 aromatic rings. The highest BCUT2D eigenvalue weighted by atomic mass is 32.2. The van der Waals surface area contributed by atoms with Gasteiger partial charge in [0.2, 0.25) is 0 Å². The molecule has 0 aliphatic carbocycles. The third kappa shape index (κ3) is 18.7. The molecule has 0 aromatic heterocycles. The maximum absolute atomic E-state index is 10.1. The van der Waals surface area contributed by atoms with E-state index in [0.29, 0.717) is 6.42 Å². The van der Waals surface area contributed by atoms with Crippen molar-refractivity contribution >= 4 is 28.9 Å². The summed E-state index contributed by atoms with van der Waals surface area (Å²) in [6.45, 7) is 0. The molecule has 0 saturated heterocycles. The molecule has 8 heteroatoms. The van der Waals surface area contributed by atoms with E-state index in [4.69, 9.17) is 15.0 Å². The Bertz CT molecular complexity index is 163. The lowest BCUT2D eigenvalue weighted by Gasteiger charge is -2.02. The first kappa shape index (κ1) is 15.3. The number of hydrogen-bond donors (Lipinski definition) is 4. The zero-order chi connectivity index (χ0) is 10.9. The predicted molar refractivity (Wildman–Crippen MR) is 55.1 cm³/mol. The Morgan fingerprint density at radius 1 is 1.62 bits per heavy atom. The summed E-state index contributed by atoms with van der Waals surface area (Å²) in [6, 6.07) is -0.683. The number of carboxylic acids is 1. The molecule has 0 fully saturated rings. The van der Waals surface area contributed by atoms with E-state index < -0.39 is 23.2 Å². The van der Waals surface area contributed by atoms with Crippen LogP contribution in [-0.2, 0) is 16.0 Å². The van der Waals surface area contributed by atoms with Crippen molar-refractivity contribution in [3.63, 3.8) is 0 Å². The van der Waals surface area contributed by atoms with Crippen LogP contribution in [0.25, 0.3) is 0 Å². The van der Waals surface area contributed by atoms with Gasteiger partial charge >= 0.3 is 5.97 Å². The average Bonchev–Trinajstić information content (AvgIpc) is 1.98. The number of carboxylic acid groups (broad SMARTS) is 1. The quantitative estimate of drug-likeness (QED) is 0.472. The zero-order valence-corrected chi connectivity index (χ0v) is 8.94. The van der Waals surface area contributed by atoms with Crippen LogP contribution in [0.5, 0.6) is 0 Å². The summed E-state index contributed by atoms with van der Waals surface area (Å²) >= 11 is -0.00708. The lowest BCUT2D eigenvalue weighted by atomic mass is 10.2. The molecule has 0 saturated carbocycles. The van der Waals surface area contributed by atoms with Crippen molar-refractivity contribution in [2.24, 2.45) is 16.0 Å². The summed E-state index contributed by atoms with van der Waals surface area (Å²) in [7, 11) is 0. The van der Waals surface area contributed by atoms with Crippen molar-refractivity contribution < 1.29 is 14.1 Å². The minimum Gasteiger partial charge on any atom is -0.480 e. The van der Waals surface area contributed by atoms with Gasteiger partial charge in [0.15, 0.2) is 11.2 Å². The van der Waals surface area contributed by atoms with E-state index >= 15 is 0 Å². The molecule has 0 aliphatic heterocycles. The van der Waals surface area contributed by atoms with Gasteiger partial charge in [0.05, 0.1) is 0 Å². The summed E-state index contributed by atoms with van der Waals surface area (Å²) in [5.74, 6) is -0.1000. The Hall–Kier alpha value is -0.150. The maximum Gasteiger partial charge on any atom is 0.320 e. The monoisotopic (exact) mass is 229 g/mol. The normalized spacial score (nSPS) is 11.8. The van der Waals surface area contributed by atoms with Gasteiger partial charge in [0.1, 0.15) is 6.04 Å². The molecule has 13 heavy (non-hydrogen) atoms. The molecule has 0 aliphatic rings. The van der Waals surface area contributed by atoms with Crippen LogP contribution in [0.4, 0.5) is 0 Å². The van der Waals surface area contributed by atoms with Crippen LogP contribution in [0.1, 0.15) is 6.42 Å². The number of nitrogens with two attached hydrogens (primary N) is 3. The van der Waals surface area contributed by atoms with Gasteiger partial charge in [-0.3, -0.25) is 4.79 Å². The fourth-order valence-electron chi connectivity index (χ4n) is 0.368. The van der Waals surface area contributed by atoms with Crippen molar-refractivity contribution in [3.05, 3.63) is 0 Å². The summed E-state index contributed by atoms with van der Waals surface area (Å²) in [4.78, 5) is 10.1. The van der Waals surface area contributed by atoms with Gasteiger partial charge in [0.25, 0.3) is 0 Å². The summed E-state index contributed by atoms with van der Waals surface area (Å²) in [5.41, 5.74) is 5.19. The van der Waals surface area contributed by atoms with Gasteiger partial charge in [-0.1, -0.05) is 0 Å². The molecule has 0 amide bonds. The molecule has 1 atom stereocenters. The van der Waals surface area contributed by atoms with Gasteiger partial charge in [-0.2, -0.15) is 11.8 Å². The first-order valence-electron chi connectivity index (χ1n) is 3.29. The minimum atomic E-state index is -1.61. The third-order valence-electron chi connectivity index (χ3n) is 0.950. The molecule has 7 N–H and O–H groups in total. The van der Waals surface area contributed by atoms with Crippen molar-refractivity contribution in [1.82, 2.24) is 0 Å². The van der Waals surface area contributed by atoms with Crippen LogP contribution in [0.15, 0.2) is 0 Å². The molecule has 0 rings (SSSR count). The van der Waals surface area contributed by atoms with E-state index in [1.54, 1.807) is 11.8 Å². The Kier molecular flexibility index (Phi) is 11.7. The second kappa shape index (κ2) is 9.93. The summed E-state index contributed by atoms with van der Waals surface area (Å²) in [6.07, 6.45) is 2.48. The Morgan fingerprint density at radius 2 is 2.00 bits per heavy atom. The number of aliphatic carboxylic acids is 1. The number of rotatable bonds is 4. The Balaban J connectivity index is 0. The van der Waals surface area contributed by atoms with Crippen LogP contribution < -0.4 is 16.0 Å². The molecule has 80 valence electrons. The molecule has 0 spiro atoms. The molecule has 0 radical (unpaired) electrons. The van der Waals surface area contributed by atoms with Crippen LogP contribution in [0.3, 0.4) is 0 Å². The number of carbonyl (C=O) groups is 1. The standard InChI is InChI=1S/C5H11NO2S.H4N2OS/c1-9-3-2-4(6)5(7)8;1-4(2)3/h4H,2-3,6H2,1H3,(H,7,8);1-2H2. The van der Waals surface area contributed by atoms with Gasteiger partial charge in [-0.15, -0.1) is 0 Å².